The second-order valence-electron chi connectivity index (χ2n) is 5.16. The highest BCUT2D eigenvalue weighted by atomic mass is 19.4. The second kappa shape index (κ2) is 9.15. The molecular weight excluding hydrogens is 380 g/mol. The first-order valence-electron chi connectivity index (χ1n) is 7.42. The number of benzene rings is 2. The molecule has 0 amide bonds. The lowest BCUT2D eigenvalue weighted by molar-refractivity contribution is -0.145. The van der Waals surface area contributed by atoms with Gasteiger partial charge < -0.3 is 15.6 Å². The first kappa shape index (κ1) is 22.1. The number of carboxylic acids is 1. The van der Waals surface area contributed by atoms with Crippen LogP contribution >= 0.6 is 0 Å². The van der Waals surface area contributed by atoms with Crippen molar-refractivity contribution in [2.45, 2.75) is 25.6 Å². The third-order valence-corrected chi connectivity index (χ3v) is 3.13. The molecule has 0 saturated heterocycles. The van der Waals surface area contributed by atoms with Crippen molar-refractivity contribution in [2.24, 2.45) is 0 Å². The Labute approximate surface area is 150 Å². The van der Waals surface area contributed by atoms with Gasteiger partial charge in [-0.3, -0.25) is 0 Å². The van der Waals surface area contributed by atoms with Gasteiger partial charge in [0, 0.05) is 12.1 Å². The van der Waals surface area contributed by atoms with Gasteiger partial charge in [0.25, 0.3) is 0 Å². The minimum atomic E-state index is -4.79. The monoisotopic (exact) mass is 395 g/mol. The van der Waals surface area contributed by atoms with E-state index in [-0.39, 0.29) is 17.9 Å². The molecule has 27 heavy (non-hydrogen) atoms. The van der Waals surface area contributed by atoms with E-state index in [0.717, 1.165) is 18.2 Å². The standard InChI is InChI=1S/C11H10F4O3.C6H5F2N/c1-2-9(10(16)17)18-6-3-4-7(8(12)5-6)11(13,14)15;7-4-1-2-6(9)5(8)3-4/h3-5,9H,2H2,1H3,(H,16,17);1-3H,9H2. The van der Waals surface area contributed by atoms with Crippen molar-refractivity contribution in [3.63, 3.8) is 0 Å². The van der Waals surface area contributed by atoms with E-state index in [2.05, 4.69) is 0 Å². The Bertz CT molecular complexity index is 795. The summed E-state index contributed by atoms with van der Waals surface area (Å²) in [5.74, 6) is -4.34. The summed E-state index contributed by atoms with van der Waals surface area (Å²) >= 11 is 0. The quantitative estimate of drug-likeness (QED) is 0.585. The number of carbonyl (C=O) groups is 1. The molecule has 1 unspecified atom stereocenters. The number of carboxylic acid groups (broad SMARTS) is 1. The fourth-order valence-electron chi connectivity index (χ4n) is 1.77. The maximum atomic E-state index is 13.2. The van der Waals surface area contributed by atoms with E-state index >= 15 is 0 Å². The second-order valence-corrected chi connectivity index (χ2v) is 5.16. The highest BCUT2D eigenvalue weighted by Gasteiger charge is 2.34. The number of nitrogen functional groups attached to an aromatic ring is 1. The number of nitrogens with two attached hydrogens (primary N) is 1. The maximum Gasteiger partial charge on any atom is 0.419 e. The number of hydrogen-bond donors (Lipinski definition) is 2. The number of halogens is 6. The van der Waals surface area contributed by atoms with Gasteiger partial charge in [-0.15, -0.1) is 0 Å². The fraction of sp³-hybridized carbons (Fsp3) is 0.235. The molecular formula is C17H15F6NO3. The van der Waals surface area contributed by atoms with Crippen LogP contribution in [-0.2, 0) is 11.0 Å². The van der Waals surface area contributed by atoms with Crippen LogP contribution in [0.1, 0.15) is 18.9 Å². The number of hydrogen-bond acceptors (Lipinski definition) is 3. The van der Waals surface area contributed by atoms with Crippen molar-refractivity contribution in [2.75, 3.05) is 5.73 Å². The molecule has 148 valence electrons. The van der Waals surface area contributed by atoms with Crippen molar-refractivity contribution in [1.82, 2.24) is 0 Å². The summed E-state index contributed by atoms with van der Waals surface area (Å²) in [4.78, 5) is 10.6. The van der Waals surface area contributed by atoms with E-state index in [1.807, 2.05) is 0 Å². The van der Waals surface area contributed by atoms with Crippen LogP contribution < -0.4 is 10.5 Å². The molecule has 4 nitrogen and oxygen atoms in total. The average Bonchev–Trinajstić information content (AvgIpc) is 2.55. The zero-order valence-electron chi connectivity index (χ0n) is 13.9. The van der Waals surface area contributed by atoms with Gasteiger partial charge in [-0.05, 0) is 30.7 Å². The molecule has 0 aliphatic heterocycles. The van der Waals surface area contributed by atoms with Crippen LogP contribution in [0.2, 0.25) is 0 Å². The Kier molecular flexibility index (Phi) is 7.50. The number of alkyl halides is 3. The van der Waals surface area contributed by atoms with Crippen molar-refractivity contribution >= 4 is 11.7 Å². The maximum absolute atomic E-state index is 13.2. The molecule has 0 bridgehead atoms. The predicted octanol–water partition coefficient (Wildman–Crippen LogP) is 4.63. The SMILES string of the molecule is CCC(Oc1ccc(C(F)(F)F)c(F)c1)C(=O)O.Nc1ccc(F)cc1F. The third-order valence-electron chi connectivity index (χ3n) is 3.13. The van der Waals surface area contributed by atoms with Crippen molar-refractivity contribution in [3.8, 4) is 5.75 Å². The van der Waals surface area contributed by atoms with Crippen LogP contribution in [0.25, 0.3) is 0 Å². The minimum absolute atomic E-state index is 0.0311. The first-order chi connectivity index (χ1) is 12.5. The average molecular weight is 395 g/mol. The normalized spacial score (nSPS) is 12.0. The Morgan fingerprint density at radius 3 is 2.15 bits per heavy atom. The van der Waals surface area contributed by atoms with Gasteiger partial charge in [-0.2, -0.15) is 13.2 Å². The zero-order valence-corrected chi connectivity index (χ0v) is 13.9. The molecule has 0 fully saturated rings. The molecule has 2 rings (SSSR count). The van der Waals surface area contributed by atoms with Crippen molar-refractivity contribution < 1.29 is 41.0 Å². The number of ether oxygens (including phenoxy) is 1. The highest BCUT2D eigenvalue weighted by molar-refractivity contribution is 5.72. The van der Waals surface area contributed by atoms with Gasteiger partial charge in [0.05, 0.1) is 11.3 Å². The van der Waals surface area contributed by atoms with Gasteiger partial charge >= 0.3 is 12.1 Å². The lowest BCUT2D eigenvalue weighted by Gasteiger charge is -2.14. The molecule has 0 radical (unpaired) electrons. The predicted molar refractivity (Wildman–Crippen MR) is 84.5 cm³/mol. The largest absolute Gasteiger partial charge is 0.479 e. The van der Waals surface area contributed by atoms with Crippen molar-refractivity contribution in [3.05, 3.63) is 59.4 Å². The molecule has 3 N–H and O–H groups in total. The van der Waals surface area contributed by atoms with E-state index < -0.39 is 41.3 Å². The Morgan fingerprint density at radius 2 is 1.74 bits per heavy atom. The molecule has 2 aromatic carbocycles. The molecule has 0 aliphatic carbocycles. The summed E-state index contributed by atoms with van der Waals surface area (Å²) in [7, 11) is 0. The Hall–Kier alpha value is -2.91. The van der Waals surface area contributed by atoms with Crippen molar-refractivity contribution in [1.29, 1.82) is 0 Å². The van der Waals surface area contributed by atoms with Gasteiger partial charge in [0.15, 0.2) is 6.10 Å². The van der Waals surface area contributed by atoms with Crippen LogP contribution in [0, 0.1) is 17.5 Å². The van der Waals surface area contributed by atoms with Crippen LogP contribution in [0.5, 0.6) is 5.75 Å². The van der Waals surface area contributed by atoms with Crippen LogP contribution in [0.3, 0.4) is 0 Å². The Morgan fingerprint density at radius 1 is 1.11 bits per heavy atom. The van der Waals surface area contributed by atoms with E-state index in [4.69, 9.17) is 15.6 Å². The summed E-state index contributed by atoms with van der Waals surface area (Å²) in [5.41, 5.74) is 3.60. The van der Waals surface area contributed by atoms with Crippen LogP contribution in [-0.4, -0.2) is 17.2 Å². The third kappa shape index (κ3) is 6.72. The van der Waals surface area contributed by atoms with E-state index in [9.17, 15) is 31.1 Å². The summed E-state index contributed by atoms with van der Waals surface area (Å²) in [6.45, 7) is 1.53. The summed E-state index contributed by atoms with van der Waals surface area (Å²) in [5, 5.41) is 8.69. The topological polar surface area (TPSA) is 72.5 Å². The molecule has 0 aliphatic rings. The zero-order chi connectivity index (χ0) is 20.8. The van der Waals surface area contributed by atoms with Crippen LogP contribution in [0.4, 0.5) is 32.0 Å². The highest BCUT2D eigenvalue weighted by Crippen LogP contribution is 2.33. The lowest BCUT2D eigenvalue weighted by Crippen LogP contribution is -2.26. The molecule has 0 saturated carbocycles. The summed E-state index contributed by atoms with van der Waals surface area (Å²) in [6.07, 6.45) is -5.90. The Balaban J connectivity index is 0.000000337. The summed E-state index contributed by atoms with van der Waals surface area (Å²) in [6, 6.07) is 4.96. The number of aliphatic carboxylic acids is 1. The number of anilines is 1. The first-order valence-corrected chi connectivity index (χ1v) is 7.42. The van der Waals surface area contributed by atoms with Gasteiger partial charge in [0.1, 0.15) is 23.2 Å². The molecule has 0 spiro atoms. The van der Waals surface area contributed by atoms with Crippen LogP contribution in [0.15, 0.2) is 36.4 Å². The molecule has 10 heteroatoms. The molecule has 0 heterocycles. The van der Waals surface area contributed by atoms with Gasteiger partial charge in [0.2, 0.25) is 0 Å². The van der Waals surface area contributed by atoms with E-state index in [1.165, 1.54) is 13.0 Å². The van der Waals surface area contributed by atoms with E-state index in [0.29, 0.717) is 12.1 Å². The van der Waals surface area contributed by atoms with Gasteiger partial charge in [-0.1, -0.05) is 6.92 Å². The minimum Gasteiger partial charge on any atom is -0.479 e. The molecule has 0 aromatic heterocycles. The van der Waals surface area contributed by atoms with E-state index in [1.54, 1.807) is 0 Å². The fourth-order valence-corrected chi connectivity index (χ4v) is 1.77. The molecule has 1 atom stereocenters. The lowest BCUT2D eigenvalue weighted by atomic mass is 10.2. The summed E-state index contributed by atoms with van der Waals surface area (Å²) < 4.78 is 79.1. The number of rotatable bonds is 4. The molecule has 2 aromatic rings. The van der Waals surface area contributed by atoms with Gasteiger partial charge in [-0.25, -0.2) is 18.0 Å². The smallest absolute Gasteiger partial charge is 0.419 e.